The van der Waals surface area contributed by atoms with E-state index in [1.807, 2.05) is 99.6 Å². The summed E-state index contributed by atoms with van der Waals surface area (Å²) >= 11 is 0. The van der Waals surface area contributed by atoms with Gasteiger partial charge in [0.05, 0.1) is 31.2 Å². The van der Waals surface area contributed by atoms with Gasteiger partial charge in [-0.25, -0.2) is 0 Å². The molecule has 1 heterocycles. The lowest BCUT2D eigenvalue weighted by atomic mass is 9.87. The molecule has 5 N–H and O–H groups in total. The Morgan fingerprint density at radius 3 is 2.14 bits per heavy atom. The van der Waals surface area contributed by atoms with Crippen molar-refractivity contribution in [1.82, 2.24) is 26.6 Å². The number of aryl methyl sites for hydroxylation is 2. The van der Waals surface area contributed by atoms with E-state index < -0.39 is 23.5 Å². The van der Waals surface area contributed by atoms with E-state index in [2.05, 4.69) is 32.7 Å². The third-order valence-corrected chi connectivity index (χ3v) is 9.51. The molecule has 1 fully saturated rings. The summed E-state index contributed by atoms with van der Waals surface area (Å²) < 4.78 is 5.50. The van der Waals surface area contributed by atoms with Gasteiger partial charge < -0.3 is 31.3 Å². The lowest BCUT2D eigenvalue weighted by Gasteiger charge is -2.42. The van der Waals surface area contributed by atoms with Crippen LogP contribution in [0.2, 0.25) is 0 Å². The van der Waals surface area contributed by atoms with Gasteiger partial charge in [-0.2, -0.15) is 0 Å². The molecular formula is C41H53N5O5. The van der Waals surface area contributed by atoms with Crippen LogP contribution < -0.4 is 26.6 Å². The molecule has 3 aromatic carbocycles. The number of nitrogens with one attached hydrogen (secondary N) is 5. The van der Waals surface area contributed by atoms with Gasteiger partial charge >= 0.3 is 0 Å². The molecule has 0 bridgehead atoms. The molecule has 10 nitrogen and oxygen atoms in total. The van der Waals surface area contributed by atoms with Crippen molar-refractivity contribution in [1.29, 1.82) is 0 Å². The normalized spacial score (nSPS) is 17.5. The summed E-state index contributed by atoms with van der Waals surface area (Å²) in [5.41, 5.74) is 3.67. The maximum absolute atomic E-state index is 14.1. The molecule has 3 aromatic rings. The Morgan fingerprint density at radius 2 is 1.47 bits per heavy atom. The van der Waals surface area contributed by atoms with E-state index in [1.165, 1.54) is 5.56 Å². The number of benzene rings is 3. The van der Waals surface area contributed by atoms with Gasteiger partial charge in [0.25, 0.3) is 0 Å². The molecule has 51 heavy (non-hydrogen) atoms. The van der Waals surface area contributed by atoms with Gasteiger partial charge in [0, 0.05) is 19.5 Å². The summed E-state index contributed by atoms with van der Waals surface area (Å²) in [5.74, 6) is -1.62. The van der Waals surface area contributed by atoms with Crippen LogP contribution in [0.25, 0.3) is 0 Å². The zero-order chi connectivity index (χ0) is 36.3. The van der Waals surface area contributed by atoms with Gasteiger partial charge in [-0.3, -0.25) is 19.2 Å². The predicted molar refractivity (Wildman–Crippen MR) is 197 cm³/mol. The summed E-state index contributed by atoms with van der Waals surface area (Å²) in [6, 6.07) is 25.6. The van der Waals surface area contributed by atoms with Crippen molar-refractivity contribution in [2.24, 2.45) is 5.41 Å². The molecule has 272 valence electrons. The van der Waals surface area contributed by atoms with Crippen LogP contribution in [0, 0.1) is 5.41 Å². The number of carbonyl (C=O) groups is 4. The largest absolute Gasteiger partial charge is 0.377 e. The molecule has 1 aliphatic heterocycles. The molecule has 0 aromatic heterocycles. The summed E-state index contributed by atoms with van der Waals surface area (Å²) in [4.78, 5) is 54.8. The standard InChI is InChI=1S/C41H53N5O5/c1-40(2,3)26-42-36(47)23-35(44-37(48)24-41(27-51-28-41)43-25-30-15-8-5-9-16-30)39(50)46-34(22-21-29-13-6-4-7-14-29)38(49)45-33-20-12-18-31-17-10-11-19-32(31)33/h4-11,13-17,19,33-35,43H,12,18,20-28H2,1-3H3,(H,42,47)(H,44,48)(H,45,49)(H,46,50)/t33-,34+,35+/m1/s1. The molecule has 1 saturated heterocycles. The Bertz CT molecular complexity index is 1620. The fourth-order valence-corrected chi connectivity index (χ4v) is 6.56. The minimum atomic E-state index is -1.19. The molecule has 5 rings (SSSR count). The van der Waals surface area contributed by atoms with Crippen molar-refractivity contribution in [2.45, 2.75) is 95.9 Å². The number of hydrogen-bond acceptors (Lipinski definition) is 6. The fourth-order valence-electron chi connectivity index (χ4n) is 6.56. The van der Waals surface area contributed by atoms with E-state index in [0.29, 0.717) is 39.1 Å². The number of ether oxygens (including phenoxy) is 1. The second-order valence-electron chi connectivity index (χ2n) is 15.2. The molecule has 0 spiro atoms. The predicted octanol–water partition coefficient (Wildman–Crippen LogP) is 4.28. The van der Waals surface area contributed by atoms with E-state index in [1.54, 1.807) is 0 Å². The monoisotopic (exact) mass is 695 g/mol. The Balaban J connectivity index is 1.30. The molecule has 3 atom stereocenters. The average Bonchev–Trinajstić information content (AvgIpc) is 3.10. The molecule has 0 unspecified atom stereocenters. The third-order valence-electron chi connectivity index (χ3n) is 9.51. The maximum Gasteiger partial charge on any atom is 0.243 e. The van der Waals surface area contributed by atoms with Gasteiger partial charge in [-0.1, -0.05) is 106 Å². The minimum absolute atomic E-state index is 0.0617. The van der Waals surface area contributed by atoms with Crippen molar-refractivity contribution in [3.05, 3.63) is 107 Å². The second kappa shape index (κ2) is 17.6. The highest BCUT2D eigenvalue weighted by atomic mass is 16.5. The molecular weight excluding hydrogens is 642 g/mol. The van der Waals surface area contributed by atoms with Gasteiger partial charge in [0.15, 0.2) is 0 Å². The molecule has 0 saturated carbocycles. The first-order valence-corrected chi connectivity index (χ1v) is 18.1. The average molecular weight is 696 g/mol. The highest BCUT2D eigenvalue weighted by Gasteiger charge is 2.41. The second-order valence-corrected chi connectivity index (χ2v) is 15.2. The van der Waals surface area contributed by atoms with Crippen molar-refractivity contribution in [3.8, 4) is 0 Å². The first kappa shape index (κ1) is 37.7. The highest BCUT2D eigenvalue weighted by Crippen LogP contribution is 2.29. The molecule has 10 heteroatoms. The molecule has 0 radical (unpaired) electrons. The summed E-state index contributed by atoms with van der Waals surface area (Å²) in [6.07, 6.45) is 3.41. The van der Waals surface area contributed by atoms with E-state index >= 15 is 0 Å². The number of carbonyl (C=O) groups excluding carboxylic acids is 4. The van der Waals surface area contributed by atoms with Crippen molar-refractivity contribution in [2.75, 3.05) is 19.8 Å². The Labute approximate surface area is 301 Å². The van der Waals surface area contributed by atoms with Crippen LogP contribution in [0.1, 0.15) is 81.2 Å². The van der Waals surface area contributed by atoms with Crippen LogP contribution in [-0.2, 0) is 43.3 Å². The lowest BCUT2D eigenvalue weighted by molar-refractivity contribution is -0.137. The van der Waals surface area contributed by atoms with E-state index in [0.717, 1.165) is 36.0 Å². The van der Waals surface area contributed by atoms with Crippen LogP contribution in [0.5, 0.6) is 0 Å². The van der Waals surface area contributed by atoms with Crippen LogP contribution in [0.4, 0.5) is 0 Å². The SMILES string of the molecule is CC(C)(C)CNC(=O)C[C@H](NC(=O)CC1(NCc2ccccc2)COC1)C(=O)N[C@@H](CCc1ccccc1)C(=O)N[C@@H]1CCCc2ccccc21. The van der Waals surface area contributed by atoms with Crippen molar-refractivity contribution < 1.29 is 23.9 Å². The van der Waals surface area contributed by atoms with Crippen molar-refractivity contribution >= 4 is 23.6 Å². The summed E-state index contributed by atoms with van der Waals surface area (Å²) in [7, 11) is 0. The van der Waals surface area contributed by atoms with Gasteiger partial charge in [0.2, 0.25) is 23.6 Å². The zero-order valence-electron chi connectivity index (χ0n) is 30.1. The first-order chi connectivity index (χ1) is 24.5. The Kier molecular flexibility index (Phi) is 13.0. The number of hydrogen-bond donors (Lipinski definition) is 5. The molecule has 2 aliphatic rings. The van der Waals surface area contributed by atoms with Gasteiger partial charge in [-0.05, 0) is 59.8 Å². The van der Waals surface area contributed by atoms with Crippen LogP contribution >= 0.6 is 0 Å². The summed E-state index contributed by atoms with van der Waals surface area (Å²) in [5, 5.41) is 15.3. The zero-order valence-corrected chi connectivity index (χ0v) is 30.1. The topological polar surface area (TPSA) is 138 Å². The number of rotatable bonds is 16. The Hall–Kier alpha value is -4.54. The minimum Gasteiger partial charge on any atom is -0.377 e. The van der Waals surface area contributed by atoms with E-state index in [9.17, 15) is 19.2 Å². The number of amides is 4. The van der Waals surface area contributed by atoms with Crippen LogP contribution in [0.3, 0.4) is 0 Å². The summed E-state index contributed by atoms with van der Waals surface area (Å²) in [6.45, 7) is 7.67. The first-order valence-electron chi connectivity index (χ1n) is 18.1. The Morgan fingerprint density at radius 1 is 0.804 bits per heavy atom. The van der Waals surface area contributed by atoms with Crippen LogP contribution in [-0.4, -0.2) is 61.0 Å². The van der Waals surface area contributed by atoms with Gasteiger partial charge in [0.1, 0.15) is 12.1 Å². The van der Waals surface area contributed by atoms with Crippen molar-refractivity contribution in [3.63, 3.8) is 0 Å². The maximum atomic E-state index is 14.1. The lowest BCUT2D eigenvalue weighted by Crippen LogP contribution is -2.63. The van der Waals surface area contributed by atoms with Crippen LogP contribution in [0.15, 0.2) is 84.9 Å². The third kappa shape index (κ3) is 11.5. The highest BCUT2D eigenvalue weighted by molar-refractivity contribution is 5.95. The quantitative estimate of drug-likeness (QED) is 0.152. The van der Waals surface area contributed by atoms with E-state index in [-0.39, 0.29) is 42.0 Å². The number of fused-ring (bicyclic) bond motifs is 1. The fraction of sp³-hybridized carbons (Fsp3) is 0.463. The smallest absolute Gasteiger partial charge is 0.243 e. The van der Waals surface area contributed by atoms with E-state index in [4.69, 9.17) is 4.74 Å². The molecule has 4 amide bonds. The van der Waals surface area contributed by atoms with Gasteiger partial charge in [-0.15, -0.1) is 0 Å². The molecule has 1 aliphatic carbocycles.